The summed E-state index contributed by atoms with van der Waals surface area (Å²) >= 11 is 0. The van der Waals surface area contributed by atoms with Gasteiger partial charge in [0.2, 0.25) is 11.7 Å². The number of fused-ring (bicyclic) bond motifs is 2. The maximum atomic E-state index is 14.0. The minimum atomic E-state index is -1.23. The van der Waals surface area contributed by atoms with Gasteiger partial charge in [-0.05, 0) is 26.0 Å². The fraction of sp³-hybridized carbons (Fsp3) is 0.333. The van der Waals surface area contributed by atoms with Crippen LogP contribution in [0.3, 0.4) is 0 Å². The van der Waals surface area contributed by atoms with Crippen LogP contribution in [0.25, 0.3) is 17.6 Å². The van der Waals surface area contributed by atoms with E-state index in [4.69, 9.17) is 0 Å². The van der Waals surface area contributed by atoms with Crippen LogP contribution in [0.5, 0.6) is 0 Å². The topological polar surface area (TPSA) is 124 Å². The molecular weight excluding hydrogens is 377 g/mol. The third kappa shape index (κ3) is 2.77. The Kier molecular flexibility index (Phi) is 3.73. The number of anilines is 1. The van der Waals surface area contributed by atoms with Crippen molar-refractivity contribution >= 4 is 17.8 Å². The molecule has 0 bridgehead atoms. The van der Waals surface area contributed by atoms with Crippen molar-refractivity contribution in [1.82, 2.24) is 34.9 Å². The van der Waals surface area contributed by atoms with Gasteiger partial charge in [0, 0.05) is 17.6 Å². The van der Waals surface area contributed by atoms with Crippen molar-refractivity contribution in [2.45, 2.75) is 32.0 Å². The van der Waals surface area contributed by atoms with E-state index >= 15 is 0 Å². The third-order valence-electron chi connectivity index (χ3n) is 4.92. The number of amides is 1. The van der Waals surface area contributed by atoms with Crippen molar-refractivity contribution in [3.63, 3.8) is 0 Å². The molecule has 1 N–H and O–H groups in total. The van der Waals surface area contributed by atoms with Gasteiger partial charge in [-0.15, -0.1) is 10.2 Å². The number of aromatic nitrogens is 7. The van der Waals surface area contributed by atoms with E-state index in [9.17, 15) is 9.18 Å². The summed E-state index contributed by atoms with van der Waals surface area (Å²) < 4.78 is 15.6. The Hall–Kier alpha value is -3.63. The summed E-state index contributed by atoms with van der Waals surface area (Å²) in [6, 6.07) is 1.72. The van der Waals surface area contributed by atoms with E-state index < -0.39 is 11.6 Å². The van der Waals surface area contributed by atoms with E-state index in [1.807, 2.05) is 0 Å². The Labute approximate surface area is 163 Å². The first kappa shape index (κ1) is 17.5. The molecule has 0 radical (unpaired) electrons. The first-order valence-electron chi connectivity index (χ1n) is 9.03. The molecule has 0 saturated heterocycles. The van der Waals surface area contributed by atoms with E-state index in [0.717, 1.165) is 0 Å². The van der Waals surface area contributed by atoms with Gasteiger partial charge in [-0.3, -0.25) is 9.79 Å². The van der Waals surface area contributed by atoms with Crippen LogP contribution in [0.15, 0.2) is 23.5 Å². The Morgan fingerprint density at radius 2 is 2.07 bits per heavy atom. The number of carbonyl (C=O) groups is 1. The maximum Gasteiger partial charge on any atom is 0.237 e. The van der Waals surface area contributed by atoms with E-state index in [1.54, 1.807) is 37.0 Å². The lowest BCUT2D eigenvalue weighted by molar-refractivity contribution is -0.119. The highest BCUT2D eigenvalue weighted by Gasteiger charge is 2.42. The molecule has 29 heavy (non-hydrogen) atoms. The normalized spacial score (nSPS) is 19.0. The lowest BCUT2D eigenvalue weighted by Gasteiger charge is -2.11. The van der Waals surface area contributed by atoms with E-state index in [0.29, 0.717) is 33.7 Å². The molecule has 0 saturated carbocycles. The molecule has 5 rings (SSSR count). The van der Waals surface area contributed by atoms with Crippen LogP contribution in [-0.2, 0) is 16.8 Å². The van der Waals surface area contributed by atoms with Crippen LogP contribution < -0.4 is 16.0 Å². The van der Waals surface area contributed by atoms with Crippen molar-refractivity contribution in [3.05, 3.63) is 40.7 Å². The summed E-state index contributed by atoms with van der Waals surface area (Å²) in [6.07, 6.45) is 3.50. The van der Waals surface area contributed by atoms with Gasteiger partial charge in [0.25, 0.3) is 0 Å². The van der Waals surface area contributed by atoms with Gasteiger partial charge >= 0.3 is 0 Å². The highest BCUT2D eigenvalue weighted by Crippen LogP contribution is 2.34. The molecule has 5 heterocycles. The molecule has 3 aromatic rings. The molecule has 0 aromatic carbocycles. The number of rotatable bonds is 3. The first-order valence-corrected chi connectivity index (χ1v) is 9.03. The van der Waals surface area contributed by atoms with Gasteiger partial charge in [0.15, 0.2) is 11.3 Å². The van der Waals surface area contributed by atoms with Crippen molar-refractivity contribution in [1.29, 1.82) is 0 Å². The maximum absolute atomic E-state index is 14.0. The standard InChI is InChI=1S/C18H16FN9O/c1-18(2)13-15(24-17(18)29)23-14(26-25-13)12-10-6-9(19)7-22-16(10)28(27-12)8-11-20-4-3-5-21-11/h3-6,9H,7-8H2,1-2H3,(H,23,24,26,29). The second kappa shape index (κ2) is 6.19. The molecule has 2 aliphatic heterocycles. The molecule has 11 heteroatoms. The Morgan fingerprint density at radius 3 is 2.86 bits per heavy atom. The van der Waals surface area contributed by atoms with E-state index in [-0.39, 0.29) is 24.8 Å². The Balaban J connectivity index is 1.65. The minimum Gasteiger partial charge on any atom is -0.308 e. The van der Waals surface area contributed by atoms with Crippen LogP contribution in [0.4, 0.5) is 10.2 Å². The summed E-state index contributed by atoms with van der Waals surface area (Å²) in [6.45, 7) is 3.78. The zero-order chi connectivity index (χ0) is 20.2. The van der Waals surface area contributed by atoms with Crippen molar-refractivity contribution < 1.29 is 9.18 Å². The average molecular weight is 393 g/mol. The highest BCUT2D eigenvalue weighted by molar-refractivity contribution is 6.03. The lowest BCUT2D eigenvalue weighted by Crippen LogP contribution is -2.36. The number of nitrogens with zero attached hydrogens (tertiary/aromatic N) is 8. The van der Waals surface area contributed by atoms with E-state index in [2.05, 4.69) is 40.6 Å². The summed E-state index contributed by atoms with van der Waals surface area (Å²) in [7, 11) is 0. The van der Waals surface area contributed by atoms with Crippen molar-refractivity contribution in [3.8, 4) is 11.5 Å². The highest BCUT2D eigenvalue weighted by atomic mass is 19.1. The first-order chi connectivity index (χ1) is 13.9. The predicted molar refractivity (Wildman–Crippen MR) is 98.8 cm³/mol. The minimum absolute atomic E-state index is 0.0152. The smallest absolute Gasteiger partial charge is 0.237 e. The number of carbonyl (C=O) groups excluding carboxylic acids is 1. The summed E-state index contributed by atoms with van der Waals surface area (Å²) in [5.74, 6) is 0.866. The van der Waals surface area contributed by atoms with Crippen LogP contribution in [0, 0.1) is 0 Å². The fourth-order valence-corrected chi connectivity index (χ4v) is 3.32. The van der Waals surface area contributed by atoms with Crippen LogP contribution >= 0.6 is 0 Å². The molecule has 0 fully saturated rings. The Bertz CT molecular complexity index is 1250. The second-order valence-corrected chi connectivity index (χ2v) is 7.34. The fourth-order valence-electron chi connectivity index (χ4n) is 3.32. The van der Waals surface area contributed by atoms with Crippen LogP contribution in [0.1, 0.15) is 25.4 Å². The molecule has 3 aromatic heterocycles. The van der Waals surface area contributed by atoms with Gasteiger partial charge in [0.1, 0.15) is 29.9 Å². The summed E-state index contributed by atoms with van der Waals surface area (Å²) in [5, 5.41) is 16.1. The number of alkyl halides is 1. The molecule has 10 nitrogen and oxygen atoms in total. The van der Waals surface area contributed by atoms with E-state index in [1.165, 1.54) is 6.08 Å². The van der Waals surface area contributed by atoms with Gasteiger partial charge in [-0.1, -0.05) is 0 Å². The van der Waals surface area contributed by atoms with Crippen LogP contribution in [0.2, 0.25) is 0 Å². The zero-order valence-corrected chi connectivity index (χ0v) is 15.7. The molecule has 2 aliphatic rings. The van der Waals surface area contributed by atoms with Crippen LogP contribution in [-0.4, -0.2) is 53.6 Å². The van der Waals surface area contributed by atoms with Gasteiger partial charge < -0.3 is 5.32 Å². The third-order valence-corrected chi connectivity index (χ3v) is 4.92. The molecule has 0 aliphatic carbocycles. The van der Waals surface area contributed by atoms with Gasteiger partial charge in [-0.25, -0.2) is 24.0 Å². The number of nitrogens with one attached hydrogen (secondary N) is 1. The van der Waals surface area contributed by atoms with Crippen molar-refractivity contribution in [2.24, 2.45) is 4.99 Å². The average Bonchev–Trinajstić information content (AvgIpc) is 3.16. The summed E-state index contributed by atoms with van der Waals surface area (Å²) in [5.41, 5.74) is 0.503. The molecule has 146 valence electrons. The molecule has 1 unspecified atom stereocenters. The monoisotopic (exact) mass is 393 g/mol. The quantitative estimate of drug-likeness (QED) is 0.639. The summed E-state index contributed by atoms with van der Waals surface area (Å²) in [4.78, 5) is 29.3. The second-order valence-electron chi connectivity index (χ2n) is 7.34. The number of hydrogen-bond donors (Lipinski definition) is 1. The van der Waals surface area contributed by atoms with Crippen molar-refractivity contribution in [2.75, 3.05) is 11.9 Å². The Morgan fingerprint density at radius 1 is 1.28 bits per heavy atom. The number of halogens is 1. The lowest BCUT2D eigenvalue weighted by atomic mass is 9.91. The SMILES string of the molecule is CC1(C)C(=O)Nc2nc(-c3nn(Cc4ncccn4)c4c3=CC(F)CN=4)nnc21. The largest absolute Gasteiger partial charge is 0.308 e. The molecule has 1 amide bonds. The zero-order valence-electron chi connectivity index (χ0n) is 15.7. The predicted octanol–water partition coefficient (Wildman–Crippen LogP) is -0.445. The van der Waals surface area contributed by atoms with Gasteiger partial charge in [0.05, 0.1) is 12.0 Å². The molecule has 1 atom stereocenters. The number of hydrogen-bond acceptors (Lipinski definition) is 8. The van der Waals surface area contributed by atoms with Gasteiger partial charge in [-0.2, -0.15) is 5.10 Å². The molecule has 0 spiro atoms. The molecular formula is C18H16FN9O.